The Morgan fingerprint density at radius 1 is 1.16 bits per heavy atom. The molecule has 0 spiro atoms. The van der Waals surface area contributed by atoms with Crippen molar-refractivity contribution >= 4 is 12.1 Å². The number of carbonyl (C=O) groups excluding carboxylic acids is 2. The molecule has 37 heavy (non-hydrogen) atoms. The van der Waals surface area contributed by atoms with E-state index in [1.54, 1.807) is 40.8 Å². The molecule has 1 aromatic heterocycles. The minimum atomic E-state index is -1.49. The second kappa shape index (κ2) is 10.8. The van der Waals surface area contributed by atoms with Gasteiger partial charge in [0.2, 0.25) is 5.79 Å². The van der Waals surface area contributed by atoms with Crippen molar-refractivity contribution in [3.63, 3.8) is 0 Å². The van der Waals surface area contributed by atoms with Gasteiger partial charge in [-0.3, -0.25) is 4.98 Å². The van der Waals surface area contributed by atoms with Crippen LogP contribution in [0.4, 0.5) is 4.79 Å². The molecule has 2 aliphatic rings. The Balaban J connectivity index is 1.92. The zero-order chi connectivity index (χ0) is 27.6. The Bertz CT molecular complexity index is 956. The number of ether oxygens (including phenoxy) is 4. The summed E-state index contributed by atoms with van der Waals surface area (Å²) in [4.78, 5) is 31.0. The number of aromatic nitrogens is 1. The molecule has 3 rings (SSSR count). The summed E-state index contributed by atoms with van der Waals surface area (Å²) in [7, 11) is 0. The fourth-order valence-electron chi connectivity index (χ4n) is 5.09. The standard InChI is InChI=1S/C29H46N2O6/c1-19-10-12-21(13-11-19)34-22-14-15-30-20(16-22)17-29(24(32)35-28(8,9)37-29)23(18-26(2,3)4)31-25(33)36-27(5,6)7/h14-16,19,21,23H,10-13,17-18H2,1-9H3,(H,31,33)/t19?,21?,23-,29+/m0/s1. The van der Waals surface area contributed by atoms with Crippen molar-refractivity contribution in [2.45, 2.75) is 130 Å². The maximum atomic E-state index is 13.5. The molecule has 1 aliphatic heterocycles. The molecule has 1 saturated carbocycles. The summed E-state index contributed by atoms with van der Waals surface area (Å²) in [6, 6.07) is 2.99. The van der Waals surface area contributed by atoms with Crippen LogP contribution in [0.5, 0.6) is 5.75 Å². The summed E-state index contributed by atoms with van der Waals surface area (Å²) in [6.45, 7) is 17.2. The van der Waals surface area contributed by atoms with E-state index in [1.807, 2.05) is 32.9 Å². The van der Waals surface area contributed by atoms with E-state index in [1.165, 1.54) is 0 Å². The highest BCUT2D eigenvalue weighted by atomic mass is 16.8. The highest BCUT2D eigenvalue weighted by Gasteiger charge is 2.60. The number of hydrogen-bond donors (Lipinski definition) is 1. The summed E-state index contributed by atoms with van der Waals surface area (Å²) >= 11 is 0. The minimum absolute atomic E-state index is 0.116. The summed E-state index contributed by atoms with van der Waals surface area (Å²) in [6.07, 6.45) is 6.19. The molecule has 2 heterocycles. The largest absolute Gasteiger partial charge is 0.490 e. The van der Waals surface area contributed by atoms with Crippen LogP contribution < -0.4 is 10.1 Å². The van der Waals surface area contributed by atoms with E-state index in [0.717, 1.165) is 37.4 Å². The van der Waals surface area contributed by atoms with Crippen LogP contribution in [-0.2, 0) is 25.4 Å². The van der Waals surface area contributed by atoms with Gasteiger partial charge in [0.1, 0.15) is 11.4 Å². The summed E-state index contributed by atoms with van der Waals surface area (Å²) < 4.78 is 23.9. The quantitative estimate of drug-likeness (QED) is 0.445. The van der Waals surface area contributed by atoms with Crippen molar-refractivity contribution in [2.75, 3.05) is 0 Å². The van der Waals surface area contributed by atoms with Gasteiger partial charge in [-0.05, 0) is 70.3 Å². The lowest BCUT2D eigenvalue weighted by atomic mass is 9.78. The number of amides is 1. The molecule has 2 atom stereocenters. The van der Waals surface area contributed by atoms with E-state index in [0.29, 0.717) is 12.1 Å². The van der Waals surface area contributed by atoms with E-state index in [2.05, 4.69) is 17.2 Å². The highest BCUT2D eigenvalue weighted by Crippen LogP contribution is 2.41. The molecule has 0 aromatic carbocycles. The molecule has 0 unspecified atom stereocenters. The summed E-state index contributed by atoms with van der Waals surface area (Å²) in [5.41, 5.74) is -1.79. The van der Waals surface area contributed by atoms with Gasteiger partial charge in [0.05, 0.1) is 12.1 Å². The van der Waals surface area contributed by atoms with Crippen molar-refractivity contribution < 1.29 is 28.5 Å². The Morgan fingerprint density at radius 2 is 1.81 bits per heavy atom. The van der Waals surface area contributed by atoms with Gasteiger partial charge < -0.3 is 24.3 Å². The number of hydrogen-bond acceptors (Lipinski definition) is 7. The maximum absolute atomic E-state index is 13.5. The van der Waals surface area contributed by atoms with Gasteiger partial charge in [0, 0.05) is 38.2 Å². The number of pyridine rings is 1. The van der Waals surface area contributed by atoms with Crippen molar-refractivity contribution in [3.05, 3.63) is 24.0 Å². The number of nitrogens with one attached hydrogen (secondary N) is 1. The minimum Gasteiger partial charge on any atom is -0.490 e. The molecule has 0 radical (unpaired) electrons. The predicted molar refractivity (Wildman–Crippen MR) is 141 cm³/mol. The highest BCUT2D eigenvalue weighted by molar-refractivity contribution is 5.84. The lowest BCUT2D eigenvalue weighted by Crippen LogP contribution is -2.60. The van der Waals surface area contributed by atoms with Crippen molar-refractivity contribution in [1.82, 2.24) is 10.3 Å². The molecule has 1 aromatic rings. The second-order valence-electron chi connectivity index (χ2n) is 13.4. The Morgan fingerprint density at radius 3 is 2.35 bits per heavy atom. The summed E-state index contributed by atoms with van der Waals surface area (Å²) in [5.74, 6) is -0.232. The van der Waals surface area contributed by atoms with Crippen molar-refractivity contribution in [1.29, 1.82) is 0 Å². The van der Waals surface area contributed by atoms with Gasteiger partial charge in [0.15, 0.2) is 5.60 Å². The zero-order valence-electron chi connectivity index (χ0n) is 24.1. The third-order valence-electron chi connectivity index (χ3n) is 6.68. The first-order valence-electron chi connectivity index (χ1n) is 13.5. The normalized spacial score (nSPS) is 26.8. The molecule has 2 fully saturated rings. The van der Waals surface area contributed by atoms with E-state index in [4.69, 9.17) is 18.9 Å². The first-order chi connectivity index (χ1) is 17.0. The van der Waals surface area contributed by atoms with E-state index in [-0.39, 0.29) is 17.9 Å². The fourth-order valence-corrected chi connectivity index (χ4v) is 5.09. The second-order valence-corrected chi connectivity index (χ2v) is 13.4. The van der Waals surface area contributed by atoms with Gasteiger partial charge >= 0.3 is 12.1 Å². The number of nitrogens with zero attached hydrogens (tertiary/aromatic N) is 1. The molecule has 208 valence electrons. The smallest absolute Gasteiger partial charge is 0.407 e. The van der Waals surface area contributed by atoms with Crippen LogP contribution in [0.1, 0.15) is 100 Å². The molecular formula is C29H46N2O6. The van der Waals surface area contributed by atoms with E-state index >= 15 is 0 Å². The third kappa shape index (κ3) is 8.32. The SMILES string of the molecule is CC1CCC(Oc2ccnc(C[C@]3([C@H](CC(C)(C)C)NC(=O)OC(C)(C)C)OC(C)(C)OC3=O)c2)CC1. The molecular weight excluding hydrogens is 472 g/mol. The monoisotopic (exact) mass is 518 g/mol. The predicted octanol–water partition coefficient (Wildman–Crippen LogP) is 5.96. The average Bonchev–Trinajstić information content (AvgIpc) is 2.95. The van der Waals surface area contributed by atoms with Gasteiger partial charge in [-0.25, -0.2) is 9.59 Å². The lowest BCUT2D eigenvalue weighted by Gasteiger charge is -2.38. The Kier molecular flexibility index (Phi) is 8.52. The van der Waals surface area contributed by atoms with Crippen LogP contribution in [0.2, 0.25) is 0 Å². The van der Waals surface area contributed by atoms with Crippen LogP contribution in [0.25, 0.3) is 0 Å². The lowest BCUT2D eigenvalue weighted by molar-refractivity contribution is -0.171. The number of rotatable bonds is 7. The molecule has 1 amide bonds. The number of esters is 1. The van der Waals surface area contributed by atoms with Crippen molar-refractivity contribution in [2.24, 2.45) is 11.3 Å². The topological polar surface area (TPSA) is 96.0 Å². The molecule has 1 N–H and O–H groups in total. The van der Waals surface area contributed by atoms with Crippen LogP contribution in [0.15, 0.2) is 18.3 Å². The zero-order valence-corrected chi connectivity index (χ0v) is 24.1. The molecule has 0 bridgehead atoms. The number of cyclic esters (lactones) is 1. The first kappa shape index (κ1) is 29.2. The Labute approximate surface area is 222 Å². The Hall–Kier alpha value is -2.35. The molecule has 1 aliphatic carbocycles. The average molecular weight is 519 g/mol. The molecule has 1 saturated heterocycles. The third-order valence-corrected chi connectivity index (χ3v) is 6.68. The molecule has 8 heteroatoms. The maximum Gasteiger partial charge on any atom is 0.407 e. The van der Waals surface area contributed by atoms with Gasteiger partial charge in [-0.1, -0.05) is 27.7 Å². The van der Waals surface area contributed by atoms with Gasteiger partial charge in [-0.15, -0.1) is 0 Å². The van der Waals surface area contributed by atoms with Crippen LogP contribution in [0, 0.1) is 11.3 Å². The number of alkyl carbamates (subject to hydrolysis) is 1. The van der Waals surface area contributed by atoms with E-state index < -0.39 is 35.1 Å². The first-order valence-corrected chi connectivity index (χ1v) is 13.5. The van der Waals surface area contributed by atoms with Crippen LogP contribution in [0.3, 0.4) is 0 Å². The fraction of sp³-hybridized carbons (Fsp3) is 0.759. The summed E-state index contributed by atoms with van der Waals surface area (Å²) in [5, 5.41) is 2.94. The van der Waals surface area contributed by atoms with Crippen molar-refractivity contribution in [3.8, 4) is 5.75 Å². The van der Waals surface area contributed by atoms with E-state index in [9.17, 15) is 9.59 Å². The number of carbonyl (C=O) groups is 2. The molecule has 8 nitrogen and oxygen atoms in total. The van der Waals surface area contributed by atoms with Crippen LogP contribution >= 0.6 is 0 Å². The van der Waals surface area contributed by atoms with Crippen LogP contribution in [-0.4, -0.2) is 46.2 Å². The van der Waals surface area contributed by atoms with Gasteiger partial charge in [-0.2, -0.15) is 0 Å². The van der Waals surface area contributed by atoms with Gasteiger partial charge in [0.25, 0.3) is 0 Å².